The van der Waals surface area contributed by atoms with E-state index < -0.39 is 17.8 Å². The average molecular weight is 1110 g/mol. The first-order valence-electron chi connectivity index (χ1n) is 24.1. The van der Waals surface area contributed by atoms with E-state index in [9.17, 15) is 24.0 Å². The Balaban J connectivity index is 1.68. The van der Waals surface area contributed by atoms with E-state index in [1.165, 1.54) is 39.8 Å². The molecule has 25 heteroatoms. The molecule has 2 aromatic rings. The predicted molar refractivity (Wildman–Crippen MR) is 285 cm³/mol. The molecule has 1 aliphatic rings. The fraction of sp³-hybridized carbons (Fsp3) is 0.646. The van der Waals surface area contributed by atoms with E-state index in [-0.39, 0.29) is 92.5 Å². The molecule has 0 radical (unpaired) electrons. The van der Waals surface area contributed by atoms with Gasteiger partial charge in [-0.05, 0) is 37.1 Å². The summed E-state index contributed by atoms with van der Waals surface area (Å²) in [5, 5.41) is 11.6. The highest BCUT2D eigenvalue weighted by atomic mass is 33.1. The molecule has 21 nitrogen and oxygen atoms in total. The Labute approximate surface area is 444 Å². The standard InChI is InChI=1S/C48H74N4O17S4/c1-58-10-13-61-16-19-64-22-25-67-42-36-43(68-26-23-65-20-17-62-14-11-59-2)41-35-40(42)46(55)49-8-30-72-70-28-4-6-44(53)51-38-32-37(48(57)69-27-24-66-21-18-63-15-12-60-3)33-39(34-38)52-45(54)7-5-29-71-73-31-9-50-47(41)56/h32-36H,4-31H2,1-3H3,(H,49,55)(H,50,56)(H,51,53)(H,52,54). The van der Waals surface area contributed by atoms with Gasteiger partial charge in [-0.15, -0.1) is 0 Å². The molecule has 0 aliphatic carbocycles. The van der Waals surface area contributed by atoms with Crippen molar-refractivity contribution in [2.45, 2.75) is 25.7 Å². The van der Waals surface area contributed by atoms with Crippen LogP contribution in [0.5, 0.6) is 11.5 Å². The highest BCUT2D eigenvalue weighted by Crippen LogP contribution is 2.31. The molecule has 2 aromatic carbocycles. The zero-order valence-electron chi connectivity index (χ0n) is 42.3. The lowest BCUT2D eigenvalue weighted by Gasteiger charge is -2.18. The van der Waals surface area contributed by atoms with Gasteiger partial charge in [-0.25, -0.2) is 4.79 Å². The molecule has 0 spiro atoms. The number of hydrogen-bond acceptors (Lipinski definition) is 21. The van der Waals surface area contributed by atoms with Gasteiger partial charge in [-0.3, -0.25) is 19.2 Å². The van der Waals surface area contributed by atoms with E-state index in [2.05, 4.69) is 21.3 Å². The van der Waals surface area contributed by atoms with Crippen molar-refractivity contribution in [3.63, 3.8) is 0 Å². The van der Waals surface area contributed by atoms with Crippen LogP contribution >= 0.6 is 43.2 Å². The summed E-state index contributed by atoms with van der Waals surface area (Å²) in [5.74, 6) is 0.737. The van der Waals surface area contributed by atoms with E-state index >= 15 is 0 Å². The van der Waals surface area contributed by atoms with Gasteiger partial charge >= 0.3 is 5.97 Å². The third-order valence-electron chi connectivity index (χ3n) is 9.52. The second-order valence-corrected chi connectivity index (χ2v) is 20.6. The van der Waals surface area contributed by atoms with Gasteiger partial charge in [0, 0.05) is 87.7 Å². The van der Waals surface area contributed by atoms with Crippen LogP contribution in [-0.4, -0.2) is 206 Å². The van der Waals surface area contributed by atoms with Crippen LogP contribution in [0.3, 0.4) is 0 Å². The van der Waals surface area contributed by atoms with Crippen LogP contribution in [-0.2, 0) is 57.0 Å². The number of methoxy groups -OCH3 is 3. The van der Waals surface area contributed by atoms with Crippen molar-refractivity contribution in [3.05, 3.63) is 47.0 Å². The number of carbonyl (C=O) groups excluding carboxylic acids is 5. The second-order valence-electron chi connectivity index (χ2n) is 15.2. The van der Waals surface area contributed by atoms with Gasteiger partial charge in [-0.1, -0.05) is 43.2 Å². The third-order valence-corrected chi connectivity index (χ3v) is 14.5. The van der Waals surface area contributed by atoms with Crippen molar-refractivity contribution in [2.24, 2.45) is 0 Å². The topological polar surface area (TPSA) is 244 Å². The number of amides is 4. The number of ether oxygens (including phenoxy) is 12. The van der Waals surface area contributed by atoms with Crippen molar-refractivity contribution >= 4 is 84.1 Å². The van der Waals surface area contributed by atoms with Crippen LogP contribution in [0, 0.1) is 0 Å². The van der Waals surface area contributed by atoms with Crippen molar-refractivity contribution in [1.82, 2.24) is 10.6 Å². The first kappa shape index (κ1) is 63.7. The monoisotopic (exact) mass is 1110 g/mol. The summed E-state index contributed by atoms with van der Waals surface area (Å²) in [5.41, 5.74) is 1.11. The maximum Gasteiger partial charge on any atom is 0.338 e. The maximum atomic E-state index is 13.8. The molecule has 0 fully saturated rings. The van der Waals surface area contributed by atoms with E-state index in [0.717, 1.165) is 0 Å². The van der Waals surface area contributed by atoms with Gasteiger partial charge in [0.25, 0.3) is 11.8 Å². The number of benzene rings is 2. The van der Waals surface area contributed by atoms with E-state index in [1.807, 2.05) is 0 Å². The normalized spacial score (nSPS) is 15.0. The lowest BCUT2D eigenvalue weighted by atomic mass is 10.1. The zero-order chi connectivity index (χ0) is 52.4. The van der Waals surface area contributed by atoms with Crippen LogP contribution in [0.2, 0.25) is 0 Å². The summed E-state index contributed by atoms with van der Waals surface area (Å²) in [7, 11) is 11.0. The predicted octanol–water partition coefficient (Wildman–Crippen LogP) is 5.01. The molecule has 1 aliphatic heterocycles. The largest absolute Gasteiger partial charge is 0.490 e. The highest BCUT2D eigenvalue weighted by Gasteiger charge is 2.22. The van der Waals surface area contributed by atoms with E-state index in [0.29, 0.717) is 140 Å². The van der Waals surface area contributed by atoms with Crippen LogP contribution < -0.4 is 30.7 Å². The fourth-order valence-electron chi connectivity index (χ4n) is 6.00. The Morgan fingerprint density at radius 3 is 1.23 bits per heavy atom. The number of hydrogen-bond donors (Lipinski definition) is 4. The van der Waals surface area contributed by atoms with Gasteiger partial charge in [0.2, 0.25) is 11.8 Å². The molecular weight excluding hydrogens is 1030 g/mol. The van der Waals surface area contributed by atoms with E-state index in [4.69, 9.17) is 56.8 Å². The van der Waals surface area contributed by atoms with E-state index in [1.54, 1.807) is 55.0 Å². The van der Waals surface area contributed by atoms with Crippen LogP contribution in [0.1, 0.15) is 56.8 Å². The third kappa shape index (κ3) is 30.5. The molecule has 73 heavy (non-hydrogen) atoms. The summed E-state index contributed by atoms with van der Waals surface area (Å²) in [4.78, 5) is 66.9. The molecule has 3 rings (SSSR count). The average Bonchev–Trinajstić information content (AvgIpc) is 3.38. The number of carbonyl (C=O) groups is 5. The Morgan fingerprint density at radius 2 is 0.822 bits per heavy atom. The summed E-state index contributed by atoms with van der Waals surface area (Å²) in [6.07, 6.45) is 1.50. The van der Waals surface area contributed by atoms with Crippen molar-refractivity contribution in [2.75, 3.05) is 187 Å². The first-order chi connectivity index (χ1) is 35.7. The first-order valence-corrected chi connectivity index (χ1v) is 29.1. The lowest BCUT2D eigenvalue weighted by Crippen LogP contribution is -2.29. The summed E-state index contributed by atoms with van der Waals surface area (Å²) < 4.78 is 65.6. The second kappa shape index (κ2) is 42.6. The van der Waals surface area contributed by atoms with Crippen LogP contribution in [0.25, 0.3) is 0 Å². The van der Waals surface area contributed by atoms with Gasteiger partial charge in [0.15, 0.2) is 0 Å². The van der Waals surface area contributed by atoms with Gasteiger partial charge in [0.05, 0.1) is 116 Å². The minimum Gasteiger partial charge on any atom is -0.490 e. The molecule has 0 unspecified atom stereocenters. The van der Waals surface area contributed by atoms with Crippen molar-refractivity contribution in [1.29, 1.82) is 0 Å². The summed E-state index contributed by atoms with van der Waals surface area (Å²) >= 11 is 0. The molecule has 0 saturated heterocycles. The molecular formula is C48H74N4O17S4. The number of rotatable bonds is 30. The fourth-order valence-corrected chi connectivity index (χ4v) is 9.99. The molecule has 4 bridgehead atoms. The molecule has 0 aromatic heterocycles. The molecule has 4 amide bonds. The Hall–Kier alpha value is -3.57. The Kier molecular flexibility index (Phi) is 37.2. The molecule has 412 valence electrons. The SMILES string of the molecule is COCCOCCOCCOC(=O)c1cc2cc(c1)NC(=O)CCCSSCCNC(=O)c1cc(c(OCCOCCOCCOC)cc1OCCOCCOCCOC)C(=O)NCCSSCCCC(=O)N2. The van der Waals surface area contributed by atoms with Crippen LogP contribution in [0.4, 0.5) is 11.4 Å². The number of esters is 1. The van der Waals surface area contributed by atoms with Gasteiger partial charge in [-0.2, -0.15) is 0 Å². The smallest absolute Gasteiger partial charge is 0.338 e. The number of fused-ring (bicyclic) bond motifs is 4. The van der Waals surface area contributed by atoms with Crippen molar-refractivity contribution < 1.29 is 80.8 Å². The molecule has 1 heterocycles. The number of nitrogens with one attached hydrogen (secondary N) is 4. The maximum absolute atomic E-state index is 13.8. The Bertz CT molecular complexity index is 1770. The minimum absolute atomic E-state index is 0.00687. The lowest BCUT2D eigenvalue weighted by molar-refractivity contribution is -0.117. The molecule has 0 saturated carbocycles. The zero-order valence-corrected chi connectivity index (χ0v) is 45.5. The minimum atomic E-state index is -0.641. The quantitative estimate of drug-likeness (QED) is 0.0456. The van der Waals surface area contributed by atoms with Gasteiger partial charge in [0.1, 0.15) is 31.3 Å². The molecule has 4 N–H and O–H groups in total. The summed E-state index contributed by atoms with van der Waals surface area (Å²) in [6.45, 7) is 6.31. The van der Waals surface area contributed by atoms with Gasteiger partial charge < -0.3 is 78.1 Å². The highest BCUT2D eigenvalue weighted by molar-refractivity contribution is 8.77. The van der Waals surface area contributed by atoms with Crippen LogP contribution in [0.15, 0.2) is 30.3 Å². The van der Waals surface area contributed by atoms with Crippen molar-refractivity contribution in [3.8, 4) is 11.5 Å². The molecule has 0 atom stereocenters. The summed E-state index contributed by atoms with van der Waals surface area (Å²) in [6, 6.07) is 7.63. The number of anilines is 2. The Morgan fingerprint density at radius 1 is 0.452 bits per heavy atom.